The third-order valence-electron chi connectivity index (χ3n) is 3.89. The maximum absolute atomic E-state index is 6.18. The average Bonchev–Trinajstić information content (AvgIpc) is 2.44. The largest absolute Gasteiger partial charge is 0.467 e. The van der Waals surface area contributed by atoms with Gasteiger partial charge in [0.15, 0.2) is 6.79 Å². The van der Waals surface area contributed by atoms with Crippen molar-refractivity contribution in [3.05, 3.63) is 28.3 Å². The fraction of sp³-hybridized carbons (Fsp3) is 0.625. The number of fused-ring (bicyclic) bond motifs is 1. The number of benzene rings is 1. The molecule has 1 heterocycles. The molecule has 0 fully saturated rings. The van der Waals surface area contributed by atoms with E-state index in [-0.39, 0.29) is 6.04 Å². The van der Waals surface area contributed by atoms with E-state index < -0.39 is 0 Å². The van der Waals surface area contributed by atoms with Crippen LogP contribution in [0.1, 0.15) is 31.4 Å². The summed E-state index contributed by atoms with van der Waals surface area (Å²) < 4.78 is 10.9. The van der Waals surface area contributed by atoms with Gasteiger partial charge in [-0.05, 0) is 38.1 Å². The first kappa shape index (κ1) is 16.6. The zero-order chi connectivity index (χ0) is 15.4. The highest BCUT2D eigenvalue weighted by Crippen LogP contribution is 2.32. The second-order valence-electron chi connectivity index (χ2n) is 6.10. The first-order valence-electron chi connectivity index (χ1n) is 7.43. The minimum atomic E-state index is 0.241. The standard InChI is InChI=1S/C16H25ClN2O2/c1-11(2)15(18)4-5-19(3)8-12-6-14(17)7-13-9-20-10-21-16(12)13/h6-7,11,15H,4-5,8-10,18H2,1-3H3. The van der Waals surface area contributed by atoms with Crippen molar-refractivity contribution in [2.75, 3.05) is 20.4 Å². The van der Waals surface area contributed by atoms with Crippen molar-refractivity contribution in [2.45, 2.75) is 39.5 Å². The van der Waals surface area contributed by atoms with Crippen LogP contribution in [-0.4, -0.2) is 31.3 Å². The number of hydrogen-bond acceptors (Lipinski definition) is 4. The van der Waals surface area contributed by atoms with Gasteiger partial charge in [-0.2, -0.15) is 0 Å². The van der Waals surface area contributed by atoms with Gasteiger partial charge in [0.1, 0.15) is 5.75 Å². The fourth-order valence-corrected chi connectivity index (χ4v) is 2.71. The molecule has 0 bridgehead atoms. The predicted molar refractivity (Wildman–Crippen MR) is 85.5 cm³/mol. The van der Waals surface area contributed by atoms with Gasteiger partial charge in [-0.15, -0.1) is 0 Å². The minimum Gasteiger partial charge on any atom is -0.467 e. The summed E-state index contributed by atoms with van der Waals surface area (Å²) in [6.45, 7) is 6.94. The molecular weight excluding hydrogens is 288 g/mol. The Morgan fingerprint density at radius 2 is 2.14 bits per heavy atom. The maximum atomic E-state index is 6.18. The molecule has 0 saturated heterocycles. The van der Waals surface area contributed by atoms with Crippen LogP contribution in [0.25, 0.3) is 0 Å². The molecule has 0 radical (unpaired) electrons. The van der Waals surface area contributed by atoms with E-state index in [0.29, 0.717) is 19.3 Å². The van der Waals surface area contributed by atoms with E-state index in [0.717, 1.165) is 41.4 Å². The highest BCUT2D eigenvalue weighted by Gasteiger charge is 2.18. The first-order chi connectivity index (χ1) is 9.97. The van der Waals surface area contributed by atoms with E-state index in [1.807, 2.05) is 12.1 Å². The van der Waals surface area contributed by atoms with Gasteiger partial charge in [0.05, 0.1) is 6.61 Å². The molecule has 1 aliphatic heterocycles. The summed E-state index contributed by atoms with van der Waals surface area (Å²) in [5.41, 5.74) is 8.24. The lowest BCUT2D eigenvalue weighted by Gasteiger charge is -2.25. The lowest BCUT2D eigenvalue weighted by Crippen LogP contribution is -2.31. The van der Waals surface area contributed by atoms with Crippen molar-refractivity contribution in [2.24, 2.45) is 11.7 Å². The molecule has 2 N–H and O–H groups in total. The van der Waals surface area contributed by atoms with Crippen molar-refractivity contribution < 1.29 is 9.47 Å². The molecule has 1 aromatic rings. The molecule has 21 heavy (non-hydrogen) atoms. The second kappa shape index (κ2) is 7.45. The molecule has 0 saturated carbocycles. The third kappa shape index (κ3) is 4.58. The van der Waals surface area contributed by atoms with Gasteiger partial charge in [-0.3, -0.25) is 0 Å². The van der Waals surface area contributed by atoms with E-state index in [2.05, 4.69) is 25.8 Å². The Labute approximate surface area is 132 Å². The van der Waals surface area contributed by atoms with Crippen LogP contribution in [0, 0.1) is 5.92 Å². The average molecular weight is 313 g/mol. The van der Waals surface area contributed by atoms with Gasteiger partial charge in [0.25, 0.3) is 0 Å². The molecule has 1 aromatic carbocycles. The summed E-state index contributed by atoms with van der Waals surface area (Å²) in [5.74, 6) is 1.43. The van der Waals surface area contributed by atoms with Gasteiger partial charge >= 0.3 is 0 Å². The van der Waals surface area contributed by atoms with Crippen molar-refractivity contribution in [3.63, 3.8) is 0 Å². The zero-order valence-corrected chi connectivity index (χ0v) is 13.8. The molecular formula is C16H25ClN2O2. The topological polar surface area (TPSA) is 47.7 Å². The number of halogens is 1. The summed E-state index contributed by atoms with van der Waals surface area (Å²) in [6, 6.07) is 4.13. The van der Waals surface area contributed by atoms with Crippen molar-refractivity contribution in [1.82, 2.24) is 4.90 Å². The van der Waals surface area contributed by atoms with Gasteiger partial charge in [-0.25, -0.2) is 0 Å². The van der Waals surface area contributed by atoms with E-state index >= 15 is 0 Å². The van der Waals surface area contributed by atoms with Crippen LogP contribution >= 0.6 is 11.6 Å². The third-order valence-corrected chi connectivity index (χ3v) is 4.11. The van der Waals surface area contributed by atoms with Gasteiger partial charge in [0.2, 0.25) is 0 Å². The van der Waals surface area contributed by atoms with E-state index in [1.54, 1.807) is 0 Å². The van der Waals surface area contributed by atoms with Crippen LogP contribution in [-0.2, 0) is 17.9 Å². The van der Waals surface area contributed by atoms with Crippen molar-refractivity contribution in [3.8, 4) is 5.75 Å². The highest BCUT2D eigenvalue weighted by molar-refractivity contribution is 6.30. The zero-order valence-electron chi connectivity index (χ0n) is 13.1. The van der Waals surface area contributed by atoms with Gasteiger partial charge in [0, 0.05) is 28.7 Å². The lowest BCUT2D eigenvalue weighted by atomic mass is 10.0. The summed E-state index contributed by atoms with van der Waals surface area (Å²) in [6.07, 6.45) is 0.987. The number of nitrogens with zero attached hydrogens (tertiary/aromatic N) is 1. The van der Waals surface area contributed by atoms with Crippen LogP contribution in [0.4, 0.5) is 0 Å². The molecule has 4 nitrogen and oxygen atoms in total. The van der Waals surface area contributed by atoms with E-state index in [1.165, 1.54) is 0 Å². The quantitative estimate of drug-likeness (QED) is 0.877. The molecule has 0 spiro atoms. The first-order valence-corrected chi connectivity index (χ1v) is 7.81. The summed E-state index contributed by atoms with van der Waals surface area (Å²) >= 11 is 6.18. The molecule has 118 valence electrons. The molecule has 1 atom stereocenters. The van der Waals surface area contributed by atoms with Crippen molar-refractivity contribution in [1.29, 1.82) is 0 Å². The SMILES string of the molecule is CC(C)C(N)CCN(C)Cc1cc(Cl)cc2c1OCOC2. The maximum Gasteiger partial charge on any atom is 0.189 e. The van der Waals surface area contributed by atoms with E-state index in [9.17, 15) is 0 Å². The van der Waals surface area contributed by atoms with Crippen LogP contribution in [0.2, 0.25) is 5.02 Å². The lowest BCUT2D eigenvalue weighted by molar-refractivity contribution is -0.0174. The van der Waals surface area contributed by atoms with E-state index in [4.69, 9.17) is 26.8 Å². The molecule has 0 aliphatic carbocycles. The summed E-state index contributed by atoms with van der Waals surface area (Å²) in [7, 11) is 2.10. The molecule has 5 heteroatoms. The van der Waals surface area contributed by atoms with Gasteiger partial charge in [-0.1, -0.05) is 25.4 Å². The minimum absolute atomic E-state index is 0.241. The molecule has 1 unspecified atom stereocenters. The van der Waals surface area contributed by atoms with Crippen molar-refractivity contribution >= 4 is 11.6 Å². The van der Waals surface area contributed by atoms with Crippen LogP contribution in [0.3, 0.4) is 0 Å². The Balaban J connectivity index is 2.00. The Bertz CT molecular complexity index is 480. The highest BCUT2D eigenvalue weighted by atomic mass is 35.5. The molecule has 0 aromatic heterocycles. The monoisotopic (exact) mass is 312 g/mol. The molecule has 0 amide bonds. The molecule has 1 aliphatic rings. The number of nitrogens with two attached hydrogens (primary N) is 1. The number of ether oxygens (including phenoxy) is 2. The number of hydrogen-bond donors (Lipinski definition) is 1. The Hall–Kier alpha value is -0.810. The Morgan fingerprint density at radius 3 is 2.86 bits per heavy atom. The van der Waals surface area contributed by atoms with Crippen LogP contribution < -0.4 is 10.5 Å². The normalized spacial score (nSPS) is 16.0. The van der Waals surface area contributed by atoms with Gasteiger partial charge < -0.3 is 20.1 Å². The fourth-order valence-electron chi connectivity index (χ4n) is 2.45. The summed E-state index contributed by atoms with van der Waals surface area (Å²) in [4.78, 5) is 2.26. The Morgan fingerprint density at radius 1 is 1.38 bits per heavy atom. The second-order valence-corrected chi connectivity index (χ2v) is 6.53. The Kier molecular flexibility index (Phi) is 5.88. The van der Waals surface area contributed by atoms with Crippen LogP contribution in [0.15, 0.2) is 12.1 Å². The van der Waals surface area contributed by atoms with Crippen LogP contribution in [0.5, 0.6) is 5.75 Å². The summed E-state index contributed by atoms with van der Waals surface area (Å²) in [5, 5.41) is 0.727. The predicted octanol–water partition coefficient (Wildman–Crippen LogP) is 3.01. The number of rotatable bonds is 6. The smallest absolute Gasteiger partial charge is 0.189 e. The molecule has 2 rings (SSSR count).